The van der Waals surface area contributed by atoms with Crippen molar-refractivity contribution >= 4 is 17.0 Å². The van der Waals surface area contributed by atoms with E-state index in [1.165, 1.54) is 17.0 Å². The van der Waals surface area contributed by atoms with E-state index in [0.29, 0.717) is 44.1 Å². The zero-order valence-electron chi connectivity index (χ0n) is 16.5. The van der Waals surface area contributed by atoms with E-state index in [9.17, 15) is 9.18 Å². The second-order valence-corrected chi connectivity index (χ2v) is 7.34. The van der Waals surface area contributed by atoms with Crippen LogP contribution in [0.4, 0.5) is 4.39 Å². The van der Waals surface area contributed by atoms with Crippen LogP contribution >= 0.6 is 0 Å². The summed E-state index contributed by atoms with van der Waals surface area (Å²) in [7, 11) is 1.60. The van der Waals surface area contributed by atoms with E-state index in [-0.39, 0.29) is 11.7 Å². The van der Waals surface area contributed by atoms with Crippen molar-refractivity contribution < 1.29 is 23.2 Å². The van der Waals surface area contributed by atoms with E-state index in [1.54, 1.807) is 13.2 Å². The molecule has 2 aromatic carbocycles. The number of rotatable bonds is 6. The molecule has 7 heteroatoms. The number of aromatic nitrogens is 1. The van der Waals surface area contributed by atoms with Crippen LogP contribution in [-0.2, 0) is 17.8 Å². The summed E-state index contributed by atoms with van der Waals surface area (Å²) in [6, 6.07) is 12.2. The van der Waals surface area contributed by atoms with Crippen molar-refractivity contribution in [2.45, 2.75) is 19.4 Å². The monoisotopic (exact) mass is 398 g/mol. The number of benzene rings is 2. The van der Waals surface area contributed by atoms with Gasteiger partial charge in [0.15, 0.2) is 11.5 Å². The summed E-state index contributed by atoms with van der Waals surface area (Å²) in [5.74, 6) is 1.17. The van der Waals surface area contributed by atoms with Crippen molar-refractivity contribution in [3.63, 3.8) is 0 Å². The van der Waals surface area contributed by atoms with Crippen LogP contribution in [0.5, 0.6) is 5.75 Å². The number of halogens is 1. The number of ether oxygens (including phenoxy) is 1. The lowest BCUT2D eigenvalue weighted by atomic mass is 10.1. The average Bonchev–Trinajstić information content (AvgIpc) is 3.16. The fraction of sp³-hybridized carbons (Fsp3) is 0.364. The van der Waals surface area contributed by atoms with Crippen LogP contribution in [0.1, 0.15) is 17.9 Å². The van der Waals surface area contributed by atoms with Crippen LogP contribution in [0.25, 0.3) is 11.1 Å². The number of hydrogen-bond donors (Lipinski definition) is 1. The Morgan fingerprint density at radius 3 is 2.79 bits per heavy atom. The molecule has 1 fully saturated rings. The topological polar surface area (TPSA) is 60.0 Å². The van der Waals surface area contributed by atoms with E-state index in [4.69, 9.17) is 9.15 Å². The highest BCUT2D eigenvalue weighted by Gasteiger charge is 2.25. The number of carbonyl (C=O) groups excluding carboxylic acids is 1. The third kappa shape index (κ3) is 4.56. The van der Waals surface area contributed by atoms with Gasteiger partial charge in [0.05, 0.1) is 38.9 Å². The summed E-state index contributed by atoms with van der Waals surface area (Å²) >= 11 is 0. The Morgan fingerprint density at radius 1 is 1.24 bits per heavy atom. The van der Waals surface area contributed by atoms with Crippen LogP contribution in [0.15, 0.2) is 46.9 Å². The Kier molecular flexibility index (Phi) is 5.76. The van der Waals surface area contributed by atoms with Crippen LogP contribution in [0, 0.1) is 5.82 Å². The van der Waals surface area contributed by atoms with Gasteiger partial charge in [0.2, 0.25) is 5.91 Å². The van der Waals surface area contributed by atoms with E-state index >= 15 is 0 Å². The molecule has 4 rings (SSSR count). The van der Waals surface area contributed by atoms with Crippen molar-refractivity contribution in [3.05, 3.63) is 59.7 Å². The molecule has 0 saturated carbocycles. The number of methoxy groups -OCH3 is 1. The zero-order chi connectivity index (χ0) is 20.2. The number of oxazole rings is 1. The van der Waals surface area contributed by atoms with Gasteiger partial charge < -0.3 is 19.0 Å². The molecule has 1 aromatic heterocycles. The van der Waals surface area contributed by atoms with Gasteiger partial charge in [0.25, 0.3) is 0 Å². The van der Waals surface area contributed by atoms with Gasteiger partial charge in [0.1, 0.15) is 23.6 Å². The summed E-state index contributed by atoms with van der Waals surface area (Å²) in [5, 5.41) is 0. The molecule has 0 atom stereocenters. The first-order chi connectivity index (χ1) is 14.1. The Morgan fingerprint density at radius 2 is 2.03 bits per heavy atom. The van der Waals surface area contributed by atoms with Crippen molar-refractivity contribution in [3.8, 4) is 5.75 Å². The summed E-state index contributed by atoms with van der Waals surface area (Å²) in [6.45, 7) is 3.73. The normalized spacial score (nSPS) is 15.0. The smallest absolute Gasteiger partial charge is 0.223 e. The highest BCUT2D eigenvalue weighted by Crippen LogP contribution is 2.18. The SMILES string of the molecule is COc1ccc(F)cc1C[NH+]1CCN(C(=O)CCc2nc3ccccc3o2)CC1. The Balaban J connectivity index is 1.28. The highest BCUT2D eigenvalue weighted by molar-refractivity contribution is 5.76. The van der Waals surface area contributed by atoms with Crippen LogP contribution in [0.2, 0.25) is 0 Å². The van der Waals surface area contributed by atoms with Crippen LogP contribution in [0.3, 0.4) is 0 Å². The molecule has 0 radical (unpaired) electrons. The standard InChI is InChI=1S/C22H24FN3O3/c1-28-19-7-6-17(23)14-16(19)15-25-10-12-26(13-11-25)22(27)9-8-21-24-18-4-2-3-5-20(18)29-21/h2-7,14H,8-13,15H2,1H3/p+1. The molecule has 0 unspecified atom stereocenters. The Labute approximate surface area is 168 Å². The fourth-order valence-corrected chi connectivity index (χ4v) is 3.80. The minimum absolute atomic E-state index is 0.120. The molecule has 29 heavy (non-hydrogen) atoms. The van der Waals surface area contributed by atoms with Crippen molar-refractivity contribution in [1.82, 2.24) is 9.88 Å². The molecule has 1 aliphatic rings. The number of nitrogens with one attached hydrogen (secondary N) is 1. The van der Waals surface area contributed by atoms with E-state index in [2.05, 4.69) is 4.98 Å². The Hall–Kier alpha value is -2.93. The molecule has 2 heterocycles. The number of hydrogen-bond acceptors (Lipinski definition) is 4. The fourth-order valence-electron chi connectivity index (χ4n) is 3.80. The number of aryl methyl sites for hydroxylation is 1. The third-order valence-electron chi connectivity index (χ3n) is 5.40. The average molecular weight is 398 g/mol. The summed E-state index contributed by atoms with van der Waals surface area (Å²) in [5.41, 5.74) is 2.43. The van der Waals surface area contributed by atoms with Gasteiger partial charge in [-0.1, -0.05) is 12.1 Å². The number of amides is 1. The number of quaternary nitrogens is 1. The number of para-hydroxylation sites is 2. The summed E-state index contributed by atoms with van der Waals surface area (Å²) in [6.07, 6.45) is 0.890. The number of carbonyl (C=O) groups is 1. The maximum atomic E-state index is 13.6. The van der Waals surface area contributed by atoms with Crippen molar-refractivity contribution in [2.24, 2.45) is 0 Å². The quantitative estimate of drug-likeness (QED) is 0.688. The first-order valence-electron chi connectivity index (χ1n) is 9.90. The van der Waals surface area contributed by atoms with Gasteiger partial charge in [-0.05, 0) is 30.3 Å². The summed E-state index contributed by atoms with van der Waals surface area (Å²) in [4.78, 5) is 20.2. The maximum Gasteiger partial charge on any atom is 0.223 e. The number of piperazine rings is 1. The van der Waals surface area contributed by atoms with Gasteiger partial charge in [0, 0.05) is 12.8 Å². The molecule has 152 valence electrons. The lowest BCUT2D eigenvalue weighted by Crippen LogP contribution is -3.13. The van der Waals surface area contributed by atoms with Crippen LogP contribution < -0.4 is 9.64 Å². The molecule has 1 amide bonds. The molecule has 1 saturated heterocycles. The predicted octanol–water partition coefficient (Wildman–Crippen LogP) is 1.84. The largest absolute Gasteiger partial charge is 0.496 e. The van der Waals surface area contributed by atoms with Gasteiger partial charge in [-0.25, -0.2) is 9.37 Å². The second-order valence-electron chi connectivity index (χ2n) is 7.34. The first-order valence-corrected chi connectivity index (χ1v) is 9.90. The lowest BCUT2D eigenvalue weighted by molar-refractivity contribution is -0.917. The number of nitrogens with zero attached hydrogens (tertiary/aromatic N) is 2. The van der Waals surface area contributed by atoms with Crippen LogP contribution in [-0.4, -0.2) is 49.1 Å². The second kappa shape index (κ2) is 8.61. The molecule has 6 nitrogen and oxygen atoms in total. The van der Waals surface area contributed by atoms with Gasteiger partial charge in [-0.15, -0.1) is 0 Å². The molecular formula is C22H25FN3O3+. The highest BCUT2D eigenvalue weighted by atomic mass is 19.1. The molecule has 3 aromatic rings. The van der Waals surface area contributed by atoms with Gasteiger partial charge in [-0.3, -0.25) is 4.79 Å². The Bertz CT molecular complexity index is 963. The van der Waals surface area contributed by atoms with Gasteiger partial charge in [-0.2, -0.15) is 0 Å². The van der Waals surface area contributed by atoms with E-state index in [0.717, 1.165) is 29.8 Å². The van der Waals surface area contributed by atoms with Crippen molar-refractivity contribution in [1.29, 1.82) is 0 Å². The predicted molar refractivity (Wildman–Crippen MR) is 106 cm³/mol. The zero-order valence-corrected chi connectivity index (χ0v) is 16.5. The molecule has 0 spiro atoms. The molecule has 0 bridgehead atoms. The summed E-state index contributed by atoms with van der Waals surface area (Å²) < 4.78 is 24.6. The van der Waals surface area contributed by atoms with Gasteiger partial charge >= 0.3 is 0 Å². The molecule has 0 aliphatic carbocycles. The van der Waals surface area contributed by atoms with Crippen molar-refractivity contribution in [2.75, 3.05) is 33.3 Å². The maximum absolute atomic E-state index is 13.6. The lowest BCUT2D eigenvalue weighted by Gasteiger charge is -2.32. The minimum Gasteiger partial charge on any atom is -0.496 e. The first kappa shape index (κ1) is 19.4. The van der Waals surface area contributed by atoms with E-state index in [1.807, 2.05) is 29.2 Å². The minimum atomic E-state index is -0.256. The third-order valence-corrected chi connectivity index (χ3v) is 5.40. The molecular weight excluding hydrogens is 373 g/mol. The van der Waals surface area contributed by atoms with E-state index < -0.39 is 0 Å². The molecule has 1 N–H and O–H groups in total. The molecule has 1 aliphatic heterocycles. The number of fused-ring (bicyclic) bond motifs is 1.